The molecule has 2 heterocycles. The van der Waals surface area contributed by atoms with Crippen molar-refractivity contribution in [3.63, 3.8) is 0 Å². The standard InChI is InChI=1S/C18H19N3O2/c1-12-7-6-10-15(19-12)20-16(22)11-21-14-9-5-4-8-13(14)18(2,3)17(21)23/h4-10H,11H2,1-3H3,(H,19,20,22). The van der Waals surface area contributed by atoms with Gasteiger partial charge in [0.25, 0.3) is 0 Å². The van der Waals surface area contributed by atoms with Crippen LogP contribution in [0.5, 0.6) is 0 Å². The molecule has 0 radical (unpaired) electrons. The van der Waals surface area contributed by atoms with E-state index in [-0.39, 0.29) is 18.4 Å². The average molecular weight is 309 g/mol. The fourth-order valence-electron chi connectivity index (χ4n) is 2.90. The first kappa shape index (κ1) is 15.2. The third kappa shape index (κ3) is 2.70. The van der Waals surface area contributed by atoms with Crippen LogP contribution in [0, 0.1) is 6.92 Å². The van der Waals surface area contributed by atoms with Gasteiger partial charge < -0.3 is 10.2 Å². The van der Waals surface area contributed by atoms with E-state index in [1.807, 2.05) is 57.2 Å². The van der Waals surface area contributed by atoms with Crippen molar-refractivity contribution >= 4 is 23.3 Å². The number of fused-ring (bicyclic) bond motifs is 1. The third-order valence-corrected chi connectivity index (χ3v) is 4.11. The molecule has 2 amide bonds. The lowest BCUT2D eigenvalue weighted by molar-refractivity contribution is -0.124. The molecule has 1 aliphatic heterocycles. The van der Waals surface area contributed by atoms with Crippen molar-refractivity contribution in [1.29, 1.82) is 0 Å². The van der Waals surface area contributed by atoms with Gasteiger partial charge in [-0.1, -0.05) is 24.3 Å². The van der Waals surface area contributed by atoms with Gasteiger partial charge in [-0.15, -0.1) is 0 Å². The van der Waals surface area contributed by atoms with E-state index in [4.69, 9.17) is 0 Å². The van der Waals surface area contributed by atoms with Crippen LogP contribution in [-0.2, 0) is 15.0 Å². The quantitative estimate of drug-likeness (QED) is 0.948. The molecule has 2 aromatic rings. The highest BCUT2D eigenvalue weighted by Crippen LogP contribution is 2.40. The molecule has 23 heavy (non-hydrogen) atoms. The molecule has 0 bridgehead atoms. The van der Waals surface area contributed by atoms with Crippen LogP contribution in [0.25, 0.3) is 0 Å². The van der Waals surface area contributed by atoms with Crippen LogP contribution in [0.15, 0.2) is 42.5 Å². The smallest absolute Gasteiger partial charge is 0.245 e. The van der Waals surface area contributed by atoms with Crippen LogP contribution < -0.4 is 10.2 Å². The van der Waals surface area contributed by atoms with Gasteiger partial charge in [-0.2, -0.15) is 0 Å². The number of amides is 2. The highest BCUT2D eigenvalue weighted by molar-refractivity contribution is 6.11. The summed E-state index contributed by atoms with van der Waals surface area (Å²) >= 11 is 0. The second-order valence-corrected chi connectivity index (χ2v) is 6.25. The van der Waals surface area contributed by atoms with E-state index >= 15 is 0 Å². The van der Waals surface area contributed by atoms with Crippen molar-refractivity contribution in [2.75, 3.05) is 16.8 Å². The second-order valence-electron chi connectivity index (χ2n) is 6.25. The summed E-state index contributed by atoms with van der Waals surface area (Å²) in [5, 5.41) is 2.74. The minimum Gasteiger partial charge on any atom is -0.309 e. The number of para-hydroxylation sites is 1. The van der Waals surface area contributed by atoms with Crippen molar-refractivity contribution in [3.05, 3.63) is 53.7 Å². The first-order chi connectivity index (χ1) is 10.9. The number of anilines is 2. The zero-order valence-corrected chi connectivity index (χ0v) is 13.5. The number of rotatable bonds is 3. The maximum Gasteiger partial charge on any atom is 0.245 e. The van der Waals surface area contributed by atoms with E-state index in [0.717, 1.165) is 16.9 Å². The summed E-state index contributed by atoms with van der Waals surface area (Å²) in [5.74, 6) is 0.171. The van der Waals surface area contributed by atoms with Crippen LogP contribution in [0.4, 0.5) is 11.5 Å². The number of carbonyl (C=O) groups excluding carboxylic acids is 2. The number of aromatic nitrogens is 1. The normalized spacial score (nSPS) is 15.4. The first-order valence-corrected chi connectivity index (χ1v) is 7.54. The Balaban J connectivity index is 1.80. The van der Waals surface area contributed by atoms with Gasteiger partial charge in [0.1, 0.15) is 12.4 Å². The summed E-state index contributed by atoms with van der Waals surface area (Å²) in [4.78, 5) is 30.7. The molecule has 1 aromatic heterocycles. The second kappa shape index (κ2) is 5.50. The minimum atomic E-state index is -0.613. The fourth-order valence-corrected chi connectivity index (χ4v) is 2.90. The van der Waals surface area contributed by atoms with Gasteiger partial charge in [0.2, 0.25) is 11.8 Å². The summed E-state index contributed by atoms with van der Waals surface area (Å²) in [5.41, 5.74) is 1.96. The molecule has 1 N–H and O–H groups in total. The number of hydrogen-bond donors (Lipinski definition) is 1. The van der Waals surface area contributed by atoms with E-state index in [9.17, 15) is 9.59 Å². The largest absolute Gasteiger partial charge is 0.309 e. The number of nitrogens with zero attached hydrogens (tertiary/aromatic N) is 2. The maximum absolute atomic E-state index is 12.7. The van der Waals surface area contributed by atoms with Crippen molar-refractivity contribution in [2.24, 2.45) is 0 Å². The lowest BCUT2D eigenvalue weighted by atomic mass is 9.86. The lowest BCUT2D eigenvalue weighted by Gasteiger charge is -2.20. The molecule has 118 valence electrons. The Labute approximate surface area is 135 Å². The molecule has 1 aliphatic rings. The molecule has 0 fully saturated rings. The molecular formula is C18H19N3O2. The predicted molar refractivity (Wildman–Crippen MR) is 89.4 cm³/mol. The van der Waals surface area contributed by atoms with Crippen molar-refractivity contribution in [1.82, 2.24) is 4.98 Å². The molecular weight excluding hydrogens is 290 g/mol. The monoisotopic (exact) mass is 309 g/mol. The van der Waals surface area contributed by atoms with Crippen LogP contribution in [0.2, 0.25) is 0 Å². The molecule has 1 aromatic carbocycles. The molecule has 3 rings (SSSR count). The van der Waals surface area contributed by atoms with E-state index < -0.39 is 5.41 Å². The van der Waals surface area contributed by atoms with Crippen LogP contribution in [0.1, 0.15) is 25.1 Å². The van der Waals surface area contributed by atoms with E-state index in [0.29, 0.717) is 5.82 Å². The summed E-state index contributed by atoms with van der Waals surface area (Å²) in [6.07, 6.45) is 0. The Morgan fingerprint density at radius 3 is 2.65 bits per heavy atom. The lowest BCUT2D eigenvalue weighted by Crippen LogP contribution is -2.40. The fraction of sp³-hybridized carbons (Fsp3) is 0.278. The molecule has 0 spiro atoms. The Bertz CT molecular complexity index is 783. The van der Waals surface area contributed by atoms with Gasteiger partial charge in [-0.25, -0.2) is 4.98 Å². The Kier molecular flexibility index (Phi) is 3.64. The van der Waals surface area contributed by atoms with E-state index in [2.05, 4.69) is 10.3 Å². The van der Waals surface area contributed by atoms with Crippen molar-refractivity contribution < 1.29 is 9.59 Å². The van der Waals surface area contributed by atoms with Gasteiger partial charge in [0, 0.05) is 11.4 Å². The van der Waals surface area contributed by atoms with Crippen LogP contribution in [-0.4, -0.2) is 23.3 Å². The number of carbonyl (C=O) groups is 2. The van der Waals surface area contributed by atoms with Crippen molar-refractivity contribution in [2.45, 2.75) is 26.2 Å². The molecule has 0 unspecified atom stereocenters. The molecule has 0 saturated heterocycles. The van der Waals surface area contributed by atoms with Crippen LogP contribution >= 0.6 is 0 Å². The highest BCUT2D eigenvalue weighted by Gasteiger charge is 2.44. The minimum absolute atomic E-state index is 0.0189. The van der Waals surface area contributed by atoms with Gasteiger partial charge in [-0.05, 0) is 44.5 Å². The van der Waals surface area contributed by atoms with E-state index in [1.165, 1.54) is 0 Å². The Morgan fingerprint density at radius 2 is 1.91 bits per heavy atom. The Hall–Kier alpha value is -2.69. The molecule has 0 atom stereocenters. The maximum atomic E-state index is 12.7. The van der Waals surface area contributed by atoms with Gasteiger partial charge >= 0.3 is 0 Å². The summed E-state index contributed by atoms with van der Waals surface area (Å²) < 4.78 is 0. The summed E-state index contributed by atoms with van der Waals surface area (Å²) in [6.45, 7) is 5.61. The topological polar surface area (TPSA) is 62.3 Å². The number of aryl methyl sites for hydroxylation is 1. The van der Waals surface area contributed by atoms with Gasteiger partial charge in [-0.3, -0.25) is 9.59 Å². The SMILES string of the molecule is Cc1cccc(NC(=O)CN2C(=O)C(C)(C)c3ccccc32)n1. The van der Waals surface area contributed by atoms with E-state index in [1.54, 1.807) is 11.0 Å². The number of hydrogen-bond acceptors (Lipinski definition) is 3. The predicted octanol–water partition coefficient (Wildman–Crippen LogP) is 2.65. The van der Waals surface area contributed by atoms with Gasteiger partial charge in [0.15, 0.2) is 0 Å². The summed E-state index contributed by atoms with van der Waals surface area (Å²) in [6, 6.07) is 13.0. The average Bonchev–Trinajstić information content (AvgIpc) is 2.69. The Morgan fingerprint density at radius 1 is 1.17 bits per heavy atom. The molecule has 0 aliphatic carbocycles. The first-order valence-electron chi connectivity index (χ1n) is 7.54. The number of nitrogens with one attached hydrogen (secondary N) is 1. The molecule has 0 saturated carbocycles. The van der Waals surface area contributed by atoms with Crippen LogP contribution in [0.3, 0.4) is 0 Å². The number of pyridine rings is 1. The highest BCUT2D eigenvalue weighted by atomic mass is 16.2. The molecule has 5 heteroatoms. The van der Waals surface area contributed by atoms with Crippen molar-refractivity contribution in [3.8, 4) is 0 Å². The third-order valence-electron chi connectivity index (χ3n) is 4.11. The van der Waals surface area contributed by atoms with Gasteiger partial charge in [0.05, 0.1) is 5.41 Å². The summed E-state index contributed by atoms with van der Waals surface area (Å²) in [7, 11) is 0. The molecule has 5 nitrogen and oxygen atoms in total. The zero-order chi connectivity index (χ0) is 16.6. The zero-order valence-electron chi connectivity index (χ0n) is 13.5. The number of benzene rings is 1.